The summed E-state index contributed by atoms with van der Waals surface area (Å²) >= 11 is 0. The highest BCUT2D eigenvalue weighted by atomic mass is 31.1. The number of aliphatic carboxylic acids is 1. The van der Waals surface area contributed by atoms with Crippen LogP contribution in [0, 0.1) is 0 Å². The molecule has 0 fully saturated rings. The Morgan fingerprint density at radius 3 is 1.96 bits per heavy atom. The van der Waals surface area contributed by atoms with Crippen LogP contribution < -0.4 is 5.32 Å². The van der Waals surface area contributed by atoms with Gasteiger partial charge in [-0.05, 0) is 17.7 Å². The molecule has 6 heteroatoms. The molecule has 0 aliphatic carbocycles. The second kappa shape index (κ2) is 8.34. The summed E-state index contributed by atoms with van der Waals surface area (Å²) in [7, 11) is -1.47. The van der Waals surface area contributed by atoms with Crippen LogP contribution in [0.25, 0.3) is 21.9 Å². The van der Waals surface area contributed by atoms with Crippen LogP contribution in [0.5, 0.6) is 0 Å². The molecule has 0 radical (unpaired) electrons. The zero-order valence-corrected chi connectivity index (χ0v) is 16.0. The molecule has 2 N–H and O–H groups in total. The van der Waals surface area contributed by atoms with E-state index in [1.807, 2.05) is 78.9 Å². The largest absolute Gasteiger partial charge is 0.480 e. The Morgan fingerprint density at radius 1 is 0.857 bits per heavy atom. The van der Waals surface area contributed by atoms with E-state index in [9.17, 15) is 9.90 Å². The quantitative estimate of drug-likeness (QED) is 0.450. The van der Waals surface area contributed by atoms with E-state index in [-0.39, 0.29) is 6.16 Å². The molecule has 4 aromatic rings. The summed E-state index contributed by atoms with van der Waals surface area (Å²) in [5, 5.41) is 14.7. The number of carboxylic acids is 1. The topological polar surface area (TPSA) is 75.6 Å². The van der Waals surface area contributed by atoms with Crippen LogP contribution in [-0.2, 0) is 17.5 Å². The lowest BCUT2D eigenvalue weighted by atomic mass is 10.1. The maximum Gasteiger partial charge on any atom is 0.321 e. The molecule has 0 bridgehead atoms. The van der Waals surface area contributed by atoms with Crippen molar-refractivity contribution in [2.45, 2.75) is 18.7 Å². The molecule has 4 rings (SSSR count). The van der Waals surface area contributed by atoms with Gasteiger partial charge in [0.25, 0.3) is 0 Å². The third-order valence-electron chi connectivity index (χ3n) is 4.49. The highest BCUT2D eigenvalue weighted by molar-refractivity contribution is 7.36. The van der Waals surface area contributed by atoms with Crippen LogP contribution >= 0.6 is 8.01 Å². The molecule has 0 amide bonds. The lowest BCUT2D eigenvalue weighted by Crippen LogP contribution is -2.36. The minimum atomic E-state index is -1.47. The molecule has 142 valence electrons. The first kappa shape index (κ1) is 18.4. The molecule has 0 aliphatic heterocycles. The van der Waals surface area contributed by atoms with Crippen molar-refractivity contribution >= 4 is 35.9 Å². The number of nitrogens with one attached hydrogen (secondary N) is 1. The van der Waals surface area contributed by atoms with Crippen LogP contribution in [0.15, 0.2) is 87.3 Å². The van der Waals surface area contributed by atoms with Gasteiger partial charge >= 0.3 is 5.97 Å². The third kappa shape index (κ3) is 4.11. The second-order valence-electron chi connectivity index (χ2n) is 6.45. The Labute approximate surface area is 163 Å². The maximum atomic E-state index is 11.8. The molecule has 0 spiro atoms. The van der Waals surface area contributed by atoms with Crippen molar-refractivity contribution in [1.29, 1.82) is 0 Å². The molecule has 0 unspecified atom stereocenters. The molecule has 1 aromatic heterocycles. The predicted molar refractivity (Wildman–Crippen MR) is 111 cm³/mol. The second-order valence-corrected chi connectivity index (χ2v) is 7.84. The molecule has 0 saturated heterocycles. The Hall–Kier alpha value is -3.01. The summed E-state index contributed by atoms with van der Waals surface area (Å²) in [6.45, 7) is 0.466. The van der Waals surface area contributed by atoms with Crippen molar-refractivity contribution in [3.63, 3.8) is 0 Å². The molecular weight excluding hydrogens is 373 g/mol. The lowest BCUT2D eigenvalue weighted by Gasteiger charge is -2.13. The molecule has 0 aliphatic rings. The van der Waals surface area contributed by atoms with Crippen molar-refractivity contribution in [2.75, 3.05) is 0 Å². The zero-order valence-electron chi connectivity index (χ0n) is 15.1. The van der Waals surface area contributed by atoms with Crippen molar-refractivity contribution in [3.05, 3.63) is 84.4 Å². The monoisotopic (exact) mass is 393 g/mol. The number of fused-ring (bicyclic) bond motifs is 3. The van der Waals surface area contributed by atoms with Gasteiger partial charge in [-0.15, -0.1) is 0 Å². The smallest absolute Gasteiger partial charge is 0.321 e. The van der Waals surface area contributed by atoms with Gasteiger partial charge in [-0.3, -0.25) is 10.1 Å². The van der Waals surface area contributed by atoms with Crippen LogP contribution in [0.1, 0.15) is 5.56 Å². The SMILES string of the molecule is O=C(O)[C@H](Cp1oc2ccccc2c2ccccc2o1)NCc1ccccc1. The molecule has 1 atom stereocenters. The van der Waals surface area contributed by atoms with Gasteiger partial charge in [0, 0.05) is 17.3 Å². The molecule has 3 aromatic carbocycles. The van der Waals surface area contributed by atoms with Gasteiger partial charge in [0.15, 0.2) is 0 Å². The van der Waals surface area contributed by atoms with Crippen LogP contribution in [-0.4, -0.2) is 17.1 Å². The molecule has 5 nitrogen and oxygen atoms in total. The van der Waals surface area contributed by atoms with Gasteiger partial charge in [0.2, 0.25) is 8.01 Å². The number of para-hydroxylation sites is 2. The van der Waals surface area contributed by atoms with E-state index in [0.29, 0.717) is 17.7 Å². The van der Waals surface area contributed by atoms with Gasteiger partial charge in [-0.1, -0.05) is 66.7 Å². The van der Waals surface area contributed by atoms with Crippen LogP contribution in [0.4, 0.5) is 0 Å². The summed E-state index contributed by atoms with van der Waals surface area (Å²) in [6.07, 6.45) is 0.236. The number of carboxylic acid groups (broad SMARTS) is 1. The highest BCUT2D eigenvalue weighted by Crippen LogP contribution is 2.36. The standard InChI is InChI=1S/C22H20NO4P/c24-22(25)19(23-14-16-8-2-1-3-9-16)15-28-26-20-12-6-4-10-17(20)18-11-5-7-13-21(18)27-28/h1-13,19,23H,14-15H2,(H,24,25)/t19-/m0/s1. The third-order valence-corrected chi connectivity index (χ3v) is 5.95. The van der Waals surface area contributed by atoms with Crippen LogP contribution in [0.2, 0.25) is 0 Å². The van der Waals surface area contributed by atoms with E-state index < -0.39 is 20.0 Å². The summed E-state index contributed by atoms with van der Waals surface area (Å²) in [6, 6.07) is 24.4. The Balaban J connectivity index is 1.69. The number of hydrogen-bond donors (Lipinski definition) is 2. The van der Waals surface area contributed by atoms with Gasteiger partial charge < -0.3 is 13.5 Å². The summed E-state index contributed by atoms with van der Waals surface area (Å²) < 4.78 is 12.2. The van der Waals surface area contributed by atoms with E-state index in [2.05, 4.69) is 5.32 Å². The average molecular weight is 393 g/mol. The lowest BCUT2D eigenvalue weighted by molar-refractivity contribution is -0.139. The van der Waals surface area contributed by atoms with Gasteiger partial charge in [0.05, 0.1) is 6.16 Å². The molecule has 1 heterocycles. The van der Waals surface area contributed by atoms with Crippen molar-refractivity contribution in [2.24, 2.45) is 0 Å². The van der Waals surface area contributed by atoms with E-state index in [1.54, 1.807) is 0 Å². The maximum absolute atomic E-state index is 11.8. The minimum Gasteiger partial charge on any atom is -0.480 e. The van der Waals surface area contributed by atoms with E-state index >= 15 is 0 Å². The number of carbonyl (C=O) groups is 1. The van der Waals surface area contributed by atoms with Gasteiger partial charge in [0.1, 0.15) is 17.2 Å². The number of hydrogen-bond acceptors (Lipinski definition) is 4. The van der Waals surface area contributed by atoms with E-state index in [0.717, 1.165) is 16.3 Å². The fraction of sp³-hybridized carbons (Fsp3) is 0.136. The van der Waals surface area contributed by atoms with Crippen molar-refractivity contribution in [3.8, 4) is 0 Å². The van der Waals surface area contributed by atoms with E-state index in [4.69, 9.17) is 8.39 Å². The number of rotatable bonds is 6. The summed E-state index contributed by atoms with van der Waals surface area (Å²) in [5.74, 6) is -0.920. The summed E-state index contributed by atoms with van der Waals surface area (Å²) in [5.41, 5.74) is 2.46. The van der Waals surface area contributed by atoms with E-state index in [1.165, 1.54) is 0 Å². The fourth-order valence-corrected chi connectivity index (χ4v) is 4.59. The fourth-order valence-electron chi connectivity index (χ4n) is 3.07. The highest BCUT2D eigenvalue weighted by Gasteiger charge is 2.20. The first-order chi connectivity index (χ1) is 13.7. The Kier molecular flexibility index (Phi) is 5.47. The Bertz CT molecular complexity index is 1080. The zero-order chi connectivity index (χ0) is 19.3. The normalized spacial score (nSPS) is 12.1. The average Bonchev–Trinajstić information content (AvgIpc) is 2.88. The minimum absolute atomic E-state index is 0.236. The van der Waals surface area contributed by atoms with Crippen molar-refractivity contribution < 1.29 is 18.3 Å². The van der Waals surface area contributed by atoms with Crippen LogP contribution in [0.3, 0.4) is 0 Å². The van der Waals surface area contributed by atoms with Gasteiger partial charge in [-0.25, -0.2) is 0 Å². The van der Waals surface area contributed by atoms with Gasteiger partial charge in [-0.2, -0.15) is 0 Å². The first-order valence-corrected chi connectivity index (χ1v) is 10.4. The first-order valence-electron chi connectivity index (χ1n) is 9.03. The molecule has 28 heavy (non-hydrogen) atoms. The molecular formula is C22H20NO4P. The predicted octanol–water partition coefficient (Wildman–Crippen LogP) is 5.53. The summed E-state index contributed by atoms with van der Waals surface area (Å²) in [4.78, 5) is 11.8. The van der Waals surface area contributed by atoms with Crippen molar-refractivity contribution in [1.82, 2.24) is 5.32 Å². The molecule has 0 saturated carbocycles. The Morgan fingerprint density at radius 2 is 1.39 bits per heavy atom. The number of benzene rings is 3.